The Hall–Kier alpha value is -0.860. The topological polar surface area (TPSA) is 40.5 Å². The predicted molar refractivity (Wildman–Crippen MR) is 84.9 cm³/mol. The number of aliphatic hydroxyl groups excluding tert-OH is 1. The van der Waals surface area contributed by atoms with Gasteiger partial charge in [0.1, 0.15) is 0 Å². The molecule has 0 saturated heterocycles. The van der Waals surface area contributed by atoms with E-state index in [0.717, 1.165) is 44.1 Å². The average Bonchev–Trinajstić information content (AvgIpc) is 2.56. The summed E-state index contributed by atoms with van der Waals surface area (Å²) in [4.78, 5) is 0. The quantitative estimate of drug-likeness (QED) is 0.882. The van der Waals surface area contributed by atoms with Crippen LogP contribution >= 0.6 is 0 Å². The van der Waals surface area contributed by atoms with Crippen molar-refractivity contribution in [3.8, 4) is 0 Å². The third-order valence-corrected chi connectivity index (χ3v) is 5.78. The van der Waals surface area contributed by atoms with Crippen LogP contribution < -0.4 is 0 Å². The largest absolute Gasteiger partial charge is 0.393 e. The zero-order chi connectivity index (χ0) is 14.7. The normalized spacial score (nSPS) is 30.8. The molecule has 1 aromatic carbocycles. The van der Waals surface area contributed by atoms with Gasteiger partial charge in [0.25, 0.3) is 0 Å². The Bertz CT molecular complexity index is 430. The van der Waals surface area contributed by atoms with E-state index in [1.807, 2.05) is 18.2 Å². The molecular weight excluding hydrogens is 260 g/mol. The van der Waals surface area contributed by atoms with Crippen LogP contribution in [0.2, 0.25) is 0 Å². The van der Waals surface area contributed by atoms with Crippen LogP contribution in [0.5, 0.6) is 0 Å². The molecule has 116 valence electrons. The second kappa shape index (κ2) is 6.50. The molecule has 0 aliphatic heterocycles. The lowest BCUT2D eigenvalue weighted by molar-refractivity contribution is -0.107. The van der Waals surface area contributed by atoms with E-state index in [2.05, 4.69) is 12.1 Å². The smallest absolute Gasteiger partial charge is 0.0952 e. The maximum atomic E-state index is 11.7. The van der Waals surface area contributed by atoms with Crippen molar-refractivity contribution < 1.29 is 10.2 Å². The number of hydrogen-bond donors (Lipinski definition) is 2. The van der Waals surface area contributed by atoms with Gasteiger partial charge in [-0.25, -0.2) is 0 Å². The van der Waals surface area contributed by atoms with Crippen LogP contribution in [0.1, 0.15) is 63.4 Å². The van der Waals surface area contributed by atoms with Crippen LogP contribution in [0.4, 0.5) is 0 Å². The maximum Gasteiger partial charge on any atom is 0.0952 e. The number of rotatable bonds is 3. The first-order valence-electron chi connectivity index (χ1n) is 8.67. The van der Waals surface area contributed by atoms with Crippen molar-refractivity contribution in [1.82, 2.24) is 0 Å². The summed E-state index contributed by atoms with van der Waals surface area (Å²) >= 11 is 0. The third-order valence-electron chi connectivity index (χ3n) is 5.78. The highest BCUT2D eigenvalue weighted by atomic mass is 16.3. The average molecular weight is 288 g/mol. The minimum atomic E-state index is -0.693. The number of hydrogen-bond acceptors (Lipinski definition) is 2. The molecule has 0 bridgehead atoms. The van der Waals surface area contributed by atoms with E-state index in [4.69, 9.17) is 0 Å². The predicted octanol–water partition coefficient (Wildman–Crippen LogP) is 4.01. The van der Waals surface area contributed by atoms with Gasteiger partial charge in [-0.2, -0.15) is 0 Å². The molecule has 2 nitrogen and oxygen atoms in total. The highest BCUT2D eigenvalue weighted by molar-refractivity contribution is 5.25. The molecular formula is C19H28O2. The Morgan fingerprint density at radius 3 is 1.95 bits per heavy atom. The minimum absolute atomic E-state index is 0.160. The van der Waals surface area contributed by atoms with Crippen LogP contribution in [0.3, 0.4) is 0 Å². The van der Waals surface area contributed by atoms with Crippen molar-refractivity contribution in [3.05, 3.63) is 35.9 Å². The van der Waals surface area contributed by atoms with Crippen molar-refractivity contribution in [2.75, 3.05) is 0 Å². The van der Waals surface area contributed by atoms with Crippen LogP contribution in [-0.4, -0.2) is 16.3 Å². The summed E-state index contributed by atoms with van der Waals surface area (Å²) < 4.78 is 0. The van der Waals surface area contributed by atoms with Gasteiger partial charge in [0.2, 0.25) is 0 Å². The Kier molecular flexibility index (Phi) is 4.66. The van der Waals surface area contributed by atoms with Gasteiger partial charge in [-0.1, -0.05) is 49.6 Å². The van der Waals surface area contributed by atoms with E-state index in [9.17, 15) is 10.2 Å². The third kappa shape index (κ3) is 3.02. The zero-order valence-corrected chi connectivity index (χ0v) is 12.9. The Labute approximate surface area is 128 Å². The standard InChI is InChI=1S/C19H28O2/c20-18-13-11-17(12-14-18)19(21,15-7-3-1-4-8-15)16-9-5-2-6-10-16/h1,3-4,7-8,16-18,20-21H,2,5-6,9-14H2. The molecule has 1 unspecified atom stereocenters. The molecule has 1 atom stereocenters. The lowest BCUT2D eigenvalue weighted by atomic mass is 9.63. The zero-order valence-electron chi connectivity index (χ0n) is 12.9. The minimum Gasteiger partial charge on any atom is -0.393 e. The fourth-order valence-electron chi connectivity index (χ4n) is 4.57. The fraction of sp³-hybridized carbons (Fsp3) is 0.684. The lowest BCUT2D eigenvalue weighted by Gasteiger charge is -2.46. The first kappa shape index (κ1) is 15.1. The van der Waals surface area contributed by atoms with Crippen molar-refractivity contribution in [1.29, 1.82) is 0 Å². The van der Waals surface area contributed by atoms with E-state index in [1.165, 1.54) is 19.3 Å². The molecule has 0 heterocycles. The first-order valence-corrected chi connectivity index (χ1v) is 8.67. The molecule has 3 rings (SSSR count). The summed E-state index contributed by atoms with van der Waals surface area (Å²) in [6.07, 6.45) is 9.50. The van der Waals surface area contributed by atoms with Gasteiger partial charge in [-0.3, -0.25) is 0 Å². The first-order chi connectivity index (χ1) is 10.2. The van der Waals surface area contributed by atoms with Crippen LogP contribution in [0.15, 0.2) is 30.3 Å². The summed E-state index contributed by atoms with van der Waals surface area (Å²) in [7, 11) is 0. The van der Waals surface area contributed by atoms with Gasteiger partial charge >= 0.3 is 0 Å². The van der Waals surface area contributed by atoms with E-state index in [-0.39, 0.29) is 6.10 Å². The molecule has 21 heavy (non-hydrogen) atoms. The van der Waals surface area contributed by atoms with E-state index < -0.39 is 5.60 Å². The van der Waals surface area contributed by atoms with Crippen LogP contribution in [-0.2, 0) is 5.60 Å². The molecule has 1 aromatic rings. The molecule has 2 N–H and O–H groups in total. The SMILES string of the molecule is OC1CCC(C(O)(c2ccccc2)C2CCCCC2)CC1. The van der Waals surface area contributed by atoms with Gasteiger partial charge in [0.05, 0.1) is 11.7 Å². The van der Waals surface area contributed by atoms with Gasteiger partial charge in [-0.15, -0.1) is 0 Å². The summed E-state index contributed by atoms with van der Waals surface area (Å²) in [5, 5.41) is 21.5. The van der Waals surface area contributed by atoms with Gasteiger partial charge in [0, 0.05) is 0 Å². The lowest BCUT2D eigenvalue weighted by Crippen LogP contribution is -2.45. The van der Waals surface area contributed by atoms with Crippen molar-refractivity contribution in [2.24, 2.45) is 11.8 Å². The summed E-state index contributed by atoms with van der Waals surface area (Å²) in [6, 6.07) is 10.3. The highest BCUT2D eigenvalue weighted by Gasteiger charge is 2.46. The molecule has 2 saturated carbocycles. The molecule has 0 radical (unpaired) electrons. The molecule has 0 spiro atoms. The Morgan fingerprint density at radius 1 is 0.762 bits per heavy atom. The summed E-state index contributed by atoms with van der Waals surface area (Å²) in [5.74, 6) is 0.681. The summed E-state index contributed by atoms with van der Waals surface area (Å²) in [6.45, 7) is 0. The second-order valence-corrected chi connectivity index (χ2v) is 7.03. The molecule has 0 aromatic heterocycles. The van der Waals surface area contributed by atoms with Crippen LogP contribution in [0.25, 0.3) is 0 Å². The molecule has 2 aliphatic carbocycles. The van der Waals surface area contributed by atoms with E-state index in [0.29, 0.717) is 11.8 Å². The van der Waals surface area contributed by atoms with Crippen molar-refractivity contribution in [2.45, 2.75) is 69.5 Å². The van der Waals surface area contributed by atoms with Gasteiger partial charge in [-0.05, 0) is 55.9 Å². The molecule has 0 amide bonds. The highest BCUT2D eigenvalue weighted by Crippen LogP contribution is 2.48. The fourth-order valence-corrected chi connectivity index (χ4v) is 4.57. The van der Waals surface area contributed by atoms with Crippen molar-refractivity contribution >= 4 is 0 Å². The van der Waals surface area contributed by atoms with E-state index in [1.54, 1.807) is 0 Å². The van der Waals surface area contributed by atoms with Gasteiger partial charge in [0.15, 0.2) is 0 Å². The van der Waals surface area contributed by atoms with Gasteiger partial charge < -0.3 is 10.2 Å². The second-order valence-electron chi connectivity index (χ2n) is 7.03. The monoisotopic (exact) mass is 288 g/mol. The molecule has 2 heteroatoms. The van der Waals surface area contributed by atoms with Crippen molar-refractivity contribution in [3.63, 3.8) is 0 Å². The van der Waals surface area contributed by atoms with Crippen LogP contribution in [0, 0.1) is 11.8 Å². The Balaban J connectivity index is 1.90. The maximum absolute atomic E-state index is 11.7. The van der Waals surface area contributed by atoms with E-state index >= 15 is 0 Å². The molecule has 2 aliphatic rings. The Morgan fingerprint density at radius 2 is 1.33 bits per heavy atom. The number of benzene rings is 1. The molecule has 2 fully saturated rings. The number of aliphatic hydroxyl groups is 2. The summed E-state index contributed by atoms with van der Waals surface area (Å²) in [5.41, 5.74) is 0.403.